The summed E-state index contributed by atoms with van der Waals surface area (Å²) in [6, 6.07) is 12.7. The number of anilines is 2. The van der Waals surface area contributed by atoms with Crippen molar-refractivity contribution in [2.24, 2.45) is 0 Å². The van der Waals surface area contributed by atoms with Crippen molar-refractivity contribution in [1.82, 2.24) is 0 Å². The smallest absolute Gasteiger partial charge is 0.340 e. The van der Waals surface area contributed by atoms with Gasteiger partial charge in [0.15, 0.2) is 0 Å². The third-order valence-corrected chi connectivity index (χ3v) is 3.76. The molecule has 0 radical (unpaired) electrons. The summed E-state index contributed by atoms with van der Waals surface area (Å²) in [5.74, 6) is 0.0823. The fourth-order valence-corrected chi connectivity index (χ4v) is 2.39. The number of rotatable bonds is 7. The van der Waals surface area contributed by atoms with Crippen molar-refractivity contribution in [2.75, 3.05) is 31.9 Å². The van der Waals surface area contributed by atoms with Crippen molar-refractivity contribution in [3.05, 3.63) is 53.6 Å². The van der Waals surface area contributed by atoms with Gasteiger partial charge in [0.25, 0.3) is 0 Å². The van der Waals surface area contributed by atoms with E-state index in [-0.39, 0.29) is 5.91 Å². The third-order valence-electron chi connectivity index (χ3n) is 3.76. The van der Waals surface area contributed by atoms with Gasteiger partial charge in [0, 0.05) is 19.2 Å². The van der Waals surface area contributed by atoms with E-state index in [4.69, 9.17) is 9.47 Å². The van der Waals surface area contributed by atoms with Gasteiger partial charge in [0.05, 0.1) is 25.5 Å². The second-order valence-corrected chi connectivity index (χ2v) is 5.40. The molecule has 0 heterocycles. The zero-order chi connectivity index (χ0) is 18.2. The zero-order valence-corrected chi connectivity index (χ0v) is 14.6. The number of carbonyl (C=O) groups is 2. The van der Waals surface area contributed by atoms with Crippen LogP contribution in [0.1, 0.15) is 22.3 Å². The first-order valence-electron chi connectivity index (χ1n) is 7.90. The van der Waals surface area contributed by atoms with E-state index < -0.39 is 5.97 Å². The average molecular weight is 342 g/mol. The van der Waals surface area contributed by atoms with Crippen molar-refractivity contribution >= 4 is 23.3 Å². The summed E-state index contributed by atoms with van der Waals surface area (Å²) in [7, 11) is 4.67. The normalized spacial score (nSPS) is 10.0. The molecule has 0 aromatic heterocycles. The number of methoxy groups -OCH3 is 2. The highest BCUT2D eigenvalue weighted by Gasteiger charge is 2.15. The number of benzene rings is 2. The van der Waals surface area contributed by atoms with Crippen LogP contribution in [-0.4, -0.2) is 33.1 Å². The Bertz CT molecular complexity index is 759. The highest BCUT2D eigenvalue weighted by atomic mass is 16.5. The van der Waals surface area contributed by atoms with Gasteiger partial charge in [0.1, 0.15) is 5.75 Å². The minimum absolute atomic E-state index is 0.176. The number of esters is 1. The van der Waals surface area contributed by atoms with Gasteiger partial charge in [0.2, 0.25) is 5.91 Å². The topological polar surface area (TPSA) is 76.7 Å². The molecule has 0 unspecified atom stereocenters. The lowest BCUT2D eigenvalue weighted by Gasteiger charge is -2.12. The van der Waals surface area contributed by atoms with E-state index in [1.807, 2.05) is 24.3 Å². The molecule has 0 fully saturated rings. The molecular formula is C19H22N2O4. The maximum Gasteiger partial charge on any atom is 0.340 e. The molecule has 2 aromatic carbocycles. The van der Waals surface area contributed by atoms with Gasteiger partial charge in [-0.15, -0.1) is 0 Å². The van der Waals surface area contributed by atoms with Gasteiger partial charge in [-0.2, -0.15) is 0 Å². The Balaban J connectivity index is 2.05. The predicted molar refractivity (Wildman–Crippen MR) is 97.3 cm³/mol. The molecule has 0 spiro atoms. The molecule has 0 saturated carbocycles. The van der Waals surface area contributed by atoms with Gasteiger partial charge in [-0.25, -0.2) is 4.79 Å². The maximum absolute atomic E-state index is 12.2. The SMILES string of the molecule is CNc1ccc(NC(=O)CCc2cccc(OC)c2)c(C(=O)OC)c1. The number of nitrogens with one attached hydrogen (secondary N) is 2. The van der Waals surface area contributed by atoms with Crippen LogP contribution in [0.3, 0.4) is 0 Å². The molecule has 1 amide bonds. The third kappa shape index (κ3) is 4.97. The molecule has 2 aromatic rings. The van der Waals surface area contributed by atoms with E-state index in [1.165, 1.54) is 7.11 Å². The number of aryl methyl sites for hydroxylation is 1. The molecule has 0 saturated heterocycles. The van der Waals surface area contributed by atoms with Crippen LogP contribution in [0.2, 0.25) is 0 Å². The predicted octanol–water partition coefficient (Wildman–Crippen LogP) is 3.09. The highest BCUT2D eigenvalue weighted by molar-refractivity contribution is 6.02. The van der Waals surface area contributed by atoms with E-state index in [0.717, 1.165) is 17.0 Å². The highest BCUT2D eigenvalue weighted by Crippen LogP contribution is 2.22. The van der Waals surface area contributed by atoms with Crippen LogP contribution >= 0.6 is 0 Å². The Morgan fingerprint density at radius 1 is 1.08 bits per heavy atom. The van der Waals surface area contributed by atoms with Gasteiger partial charge in [-0.1, -0.05) is 12.1 Å². The molecule has 132 valence electrons. The van der Waals surface area contributed by atoms with Crippen LogP contribution in [0.5, 0.6) is 5.75 Å². The fraction of sp³-hybridized carbons (Fsp3) is 0.263. The Morgan fingerprint density at radius 3 is 2.56 bits per heavy atom. The van der Waals surface area contributed by atoms with E-state index in [0.29, 0.717) is 24.1 Å². The number of carbonyl (C=O) groups excluding carboxylic acids is 2. The lowest BCUT2D eigenvalue weighted by molar-refractivity contribution is -0.116. The first kappa shape index (κ1) is 18.3. The molecule has 0 atom stereocenters. The average Bonchev–Trinajstić information content (AvgIpc) is 2.66. The molecule has 0 aliphatic rings. The molecule has 25 heavy (non-hydrogen) atoms. The number of hydrogen-bond acceptors (Lipinski definition) is 5. The summed E-state index contributed by atoms with van der Waals surface area (Å²) in [5.41, 5.74) is 2.51. The number of amides is 1. The van der Waals surface area contributed by atoms with Gasteiger partial charge in [-0.05, 0) is 42.3 Å². The lowest BCUT2D eigenvalue weighted by atomic mass is 10.1. The van der Waals surface area contributed by atoms with Crippen LogP contribution in [0, 0.1) is 0 Å². The summed E-state index contributed by atoms with van der Waals surface area (Å²) in [6.45, 7) is 0. The molecule has 2 rings (SSSR count). The Hall–Kier alpha value is -3.02. The molecule has 6 nitrogen and oxygen atoms in total. The first-order chi connectivity index (χ1) is 12.1. The van der Waals surface area contributed by atoms with Crippen molar-refractivity contribution in [3.63, 3.8) is 0 Å². The molecular weight excluding hydrogens is 320 g/mol. The van der Waals surface area contributed by atoms with E-state index in [2.05, 4.69) is 10.6 Å². The quantitative estimate of drug-likeness (QED) is 0.756. The monoisotopic (exact) mass is 342 g/mol. The van der Waals surface area contributed by atoms with Gasteiger partial charge >= 0.3 is 5.97 Å². The minimum Gasteiger partial charge on any atom is -0.497 e. The second-order valence-electron chi connectivity index (χ2n) is 5.40. The van der Waals surface area contributed by atoms with Crippen LogP contribution < -0.4 is 15.4 Å². The summed E-state index contributed by atoms with van der Waals surface area (Å²) < 4.78 is 9.96. The van der Waals surface area contributed by atoms with Crippen LogP contribution in [0.25, 0.3) is 0 Å². The largest absolute Gasteiger partial charge is 0.497 e. The Labute approximate surface area is 147 Å². The van der Waals surface area contributed by atoms with E-state index in [9.17, 15) is 9.59 Å². The lowest BCUT2D eigenvalue weighted by Crippen LogP contribution is -2.16. The van der Waals surface area contributed by atoms with Crippen LogP contribution in [-0.2, 0) is 16.0 Å². The molecule has 0 aliphatic heterocycles. The van der Waals surface area contributed by atoms with Crippen LogP contribution in [0.4, 0.5) is 11.4 Å². The Kier molecular flexibility index (Phi) is 6.39. The van der Waals surface area contributed by atoms with Gasteiger partial charge < -0.3 is 20.1 Å². The standard InChI is InChI=1S/C19H22N2O4/c1-20-14-8-9-17(16(12-14)19(23)25-3)21-18(22)10-7-13-5-4-6-15(11-13)24-2/h4-6,8-9,11-12,20H,7,10H2,1-3H3,(H,21,22). The fourth-order valence-electron chi connectivity index (χ4n) is 2.39. The summed E-state index contributed by atoms with van der Waals surface area (Å²) in [4.78, 5) is 24.2. The van der Waals surface area contributed by atoms with E-state index >= 15 is 0 Å². The van der Waals surface area contributed by atoms with Crippen molar-refractivity contribution in [1.29, 1.82) is 0 Å². The molecule has 6 heteroatoms. The zero-order valence-electron chi connectivity index (χ0n) is 14.6. The van der Waals surface area contributed by atoms with Gasteiger partial charge in [-0.3, -0.25) is 4.79 Å². The minimum atomic E-state index is -0.500. The van der Waals surface area contributed by atoms with Crippen molar-refractivity contribution in [3.8, 4) is 5.75 Å². The molecule has 0 bridgehead atoms. The summed E-state index contributed by atoms with van der Waals surface area (Å²) in [5, 5.41) is 5.73. The first-order valence-corrected chi connectivity index (χ1v) is 7.90. The molecule has 0 aliphatic carbocycles. The van der Waals surface area contributed by atoms with Crippen molar-refractivity contribution in [2.45, 2.75) is 12.8 Å². The summed E-state index contributed by atoms with van der Waals surface area (Å²) >= 11 is 0. The summed E-state index contributed by atoms with van der Waals surface area (Å²) in [6.07, 6.45) is 0.868. The van der Waals surface area contributed by atoms with E-state index in [1.54, 1.807) is 32.4 Å². The second kappa shape index (κ2) is 8.73. The number of ether oxygens (including phenoxy) is 2. The Morgan fingerprint density at radius 2 is 1.88 bits per heavy atom. The van der Waals surface area contributed by atoms with Crippen LogP contribution in [0.15, 0.2) is 42.5 Å². The molecule has 2 N–H and O–H groups in total. The van der Waals surface area contributed by atoms with Crippen molar-refractivity contribution < 1.29 is 19.1 Å². The number of hydrogen-bond donors (Lipinski definition) is 2. The maximum atomic E-state index is 12.2.